The van der Waals surface area contributed by atoms with Crippen LogP contribution in [0, 0.1) is 13.8 Å². The normalized spacial score (nSPS) is 11.7. The van der Waals surface area contributed by atoms with Crippen LogP contribution in [0.3, 0.4) is 0 Å². The van der Waals surface area contributed by atoms with E-state index in [1.807, 2.05) is 0 Å². The molecule has 106 valence electrons. The molecule has 2 rings (SSSR count). The van der Waals surface area contributed by atoms with Crippen LogP contribution in [0.2, 0.25) is 0 Å². The SMILES string of the molecule is Cc1ccc(C(F)(F)F)cc1-n1cc(C)c(C(=O)O)n1. The van der Waals surface area contributed by atoms with E-state index in [0.717, 1.165) is 16.8 Å². The minimum atomic E-state index is -4.46. The number of aryl methyl sites for hydroxylation is 2. The van der Waals surface area contributed by atoms with Crippen molar-refractivity contribution in [2.45, 2.75) is 20.0 Å². The van der Waals surface area contributed by atoms with Gasteiger partial charge in [0.1, 0.15) is 0 Å². The van der Waals surface area contributed by atoms with Gasteiger partial charge in [-0.25, -0.2) is 9.48 Å². The molecule has 20 heavy (non-hydrogen) atoms. The molecule has 0 saturated carbocycles. The molecule has 0 aliphatic carbocycles. The number of carbonyl (C=O) groups is 1. The molecule has 0 saturated heterocycles. The minimum absolute atomic E-state index is 0.179. The van der Waals surface area contributed by atoms with Gasteiger partial charge >= 0.3 is 12.1 Å². The Morgan fingerprint density at radius 3 is 2.40 bits per heavy atom. The fourth-order valence-corrected chi connectivity index (χ4v) is 1.83. The van der Waals surface area contributed by atoms with E-state index in [1.54, 1.807) is 6.92 Å². The molecule has 0 atom stereocenters. The summed E-state index contributed by atoms with van der Waals surface area (Å²) in [6.45, 7) is 3.17. The number of nitrogens with zero attached hydrogens (tertiary/aromatic N) is 2. The minimum Gasteiger partial charge on any atom is -0.476 e. The number of hydrogen-bond acceptors (Lipinski definition) is 2. The first-order valence-electron chi connectivity index (χ1n) is 5.68. The van der Waals surface area contributed by atoms with Crippen molar-refractivity contribution < 1.29 is 23.1 Å². The van der Waals surface area contributed by atoms with Crippen LogP contribution in [-0.4, -0.2) is 20.9 Å². The van der Waals surface area contributed by atoms with Crippen LogP contribution >= 0.6 is 0 Å². The molecule has 0 aliphatic heterocycles. The van der Waals surface area contributed by atoms with Crippen LogP contribution in [0.1, 0.15) is 27.2 Å². The van der Waals surface area contributed by atoms with Gasteiger partial charge in [-0.1, -0.05) is 6.07 Å². The first-order valence-corrected chi connectivity index (χ1v) is 5.68. The molecule has 1 aromatic carbocycles. The lowest BCUT2D eigenvalue weighted by atomic mass is 10.1. The Kier molecular flexibility index (Phi) is 3.29. The number of carboxylic acid groups (broad SMARTS) is 1. The third-order valence-corrected chi connectivity index (χ3v) is 2.88. The highest BCUT2D eigenvalue weighted by atomic mass is 19.4. The number of aromatic carboxylic acids is 1. The number of alkyl halides is 3. The average Bonchev–Trinajstić information content (AvgIpc) is 2.70. The Bertz CT molecular complexity index is 675. The second-order valence-electron chi connectivity index (χ2n) is 4.41. The zero-order valence-electron chi connectivity index (χ0n) is 10.7. The van der Waals surface area contributed by atoms with E-state index in [-0.39, 0.29) is 11.4 Å². The molecular formula is C13H11F3N2O2. The van der Waals surface area contributed by atoms with Gasteiger partial charge < -0.3 is 5.11 Å². The molecular weight excluding hydrogens is 273 g/mol. The number of aromatic nitrogens is 2. The summed E-state index contributed by atoms with van der Waals surface area (Å²) in [5.74, 6) is -1.22. The molecule has 0 fully saturated rings. The molecule has 0 aliphatic rings. The number of rotatable bonds is 2. The number of hydrogen-bond donors (Lipinski definition) is 1. The van der Waals surface area contributed by atoms with E-state index < -0.39 is 17.7 Å². The Balaban J connectivity index is 2.57. The molecule has 1 aromatic heterocycles. The summed E-state index contributed by atoms with van der Waals surface area (Å²) < 4.78 is 39.3. The third-order valence-electron chi connectivity index (χ3n) is 2.88. The zero-order chi connectivity index (χ0) is 15.1. The second-order valence-corrected chi connectivity index (χ2v) is 4.41. The van der Waals surface area contributed by atoms with Crippen molar-refractivity contribution in [3.63, 3.8) is 0 Å². The number of benzene rings is 1. The highest BCUT2D eigenvalue weighted by molar-refractivity contribution is 5.86. The van der Waals surface area contributed by atoms with E-state index in [4.69, 9.17) is 5.11 Å². The largest absolute Gasteiger partial charge is 0.476 e. The molecule has 1 N–H and O–H groups in total. The summed E-state index contributed by atoms with van der Waals surface area (Å²) in [6.07, 6.45) is -3.06. The molecule has 0 amide bonds. The lowest BCUT2D eigenvalue weighted by Crippen LogP contribution is -2.08. The van der Waals surface area contributed by atoms with Crippen LogP contribution in [0.15, 0.2) is 24.4 Å². The lowest BCUT2D eigenvalue weighted by Gasteiger charge is -2.11. The monoisotopic (exact) mass is 284 g/mol. The van der Waals surface area contributed by atoms with Crippen LogP contribution < -0.4 is 0 Å². The molecule has 0 spiro atoms. The average molecular weight is 284 g/mol. The van der Waals surface area contributed by atoms with Crippen molar-refractivity contribution in [2.24, 2.45) is 0 Å². The zero-order valence-corrected chi connectivity index (χ0v) is 10.7. The van der Waals surface area contributed by atoms with Crippen molar-refractivity contribution in [2.75, 3.05) is 0 Å². The van der Waals surface area contributed by atoms with E-state index >= 15 is 0 Å². The molecule has 2 aromatic rings. The maximum absolute atomic E-state index is 12.7. The van der Waals surface area contributed by atoms with Crippen molar-refractivity contribution in [3.8, 4) is 5.69 Å². The first-order chi connectivity index (χ1) is 9.20. The summed E-state index contributed by atoms with van der Waals surface area (Å²) in [6, 6.07) is 3.26. The predicted molar refractivity (Wildman–Crippen MR) is 65.0 cm³/mol. The third kappa shape index (κ3) is 2.52. The Morgan fingerprint density at radius 1 is 1.25 bits per heavy atom. The maximum Gasteiger partial charge on any atom is 0.416 e. The standard InChI is InChI=1S/C13H11F3N2O2/c1-7-3-4-9(13(14,15)16)5-10(7)18-6-8(2)11(17-18)12(19)20/h3-6H,1-2H3,(H,19,20). The van der Waals surface area contributed by atoms with Gasteiger partial charge in [0.25, 0.3) is 0 Å². The van der Waals surface area contributed by atoms with Crippen molar-refractivity contribution in [1.82, 2.24) is 9.78 Å². The molecule has 1 heterocycles. The van der Waals surface area contributed by atoms with Crippen molar-refractivity contribution in [3.05, 3.63) is 46.8 Å². The van der Waals surface area contributed by atoms with Crippen molar-refractivity contribution in [1.29, 1.82) is 0 Å². The Hall–Kier alpha value is -2.31. The maximum atomic E-state index is 12.7. The predicted octanol–water partition coefficient (Wildman–Crippen LogP) is 3.21. The lowest BCUT2D eigenvalue weighted by molar-refractivity contribution is -0.137. The van der Waals surface area contributed by atoms with Crippen LogP contribution in [-0.2, 0) is 6.18 Å². The summed E-state index contributed by atoms with van der Waals surface area (Å²) in [4.78, 5) is 10.9. The summed E-state index contributed by atoms with van der Waals surface area (Å²) in [5, 5.41) is 12.7. The van der Waals surface area contributed by atoms with Gasteiger partial charge in [-0.05, 0) is 31.5 Å². The second kappa shape index (κ2) is 4.66. The van der Waals surface area contributed by atoms with Crippen LogP contribution in [0.25, 0.3) is 5.69 Å². The molecule has 0 unspecified atom stereocenters. The summed E-state index contributed by atoms with van der Waals surface area (Å²) >= 11 is 0. The molecule has 4 nitrogen and oxygen atoms in total. The van der Waals surface area contributed by atoms with Gasteiger partial charge in [0.05, 0.1) is 11.3 Å². The van der Waals surface area contributed by atoms with E-state index in [9.17, 15) is 18.0 Å². The highest BCUT2D eigenvalue weighted by Gasteiger charge is 2.31. The highest BCUT2D eigenvalue weighted by Crippen LogP contribution is 2.31. The topological polar surface area (TPSA) is 55.1 Å². The van der Waals surface area contributed by atoms with Gasteiger partial charge in [-0.15, -0.1) is 0 Å². The smallest absolute Gasteiger partial charge is 0.416 e. The fraction of sp³-hybridized carbons (Fsp3) is 0.231. The van der Waals surface area contributed by atoms with E-state index in [0.29, 0.717) is 11.1 Å². The number of carboxylic acids is 1. The Morgan fingerprint density at radius 2 is 1.90 bits per heavy atom. The van der Waals surface area contributed by atoms with Gasteiger partial charge in [0, 0.05) is 11.8 Å². The summed E-state index contributed by atoms with van der Waals surface area (Å²) in [7, 11) is 0. The molecule has 7 heteroatoms. The molecule has 0 radical (unpaired) electrons. The van der Waals surface area contributed by atoms with Crippen LogP contribution in [0.4, 0.5) is 13.2 Å². The quantitative estimate of drug-likeness (QED) is 0.921. The van der Waals surface area contributed by atoms with E-state index in [2.05, 4.69) is 5.10 Å². The van der Waals surface area contributed by atoms with Gasteiger partial charge in [-0.3, -0.25) is 0 Å². The fourth-order valence-electron chi connectivity index (χ4n) is 1.83. The Labute approximate surface area is 112 Å². The van der Waals surface area contributed by atoms with E-state index in [1.165, 1.54) is 19.2 Å². The van der Waals surface area contributed by atoms with Gasteiger partial charge in [-0.2, -0.15) is 18.3 Å². The van der Waals surface area contributed by atoms with Gasteiger partial charge in [0.15, 0.2) is 5.69 Å². The number of halogens is 3. The first kappa shape index (κ1) is 14.1. The van der Waals surface area contributed by atoms with Gasteiger partial charge in [0.2, 0.25) is 0 Å². The van der Waals surface area contributed by atoms with Crippen LogP contribution in [0.5, 0.6) is 0 Å². The van der Waals surface area contributed by atoms with Crippen molar-refractivity contribution >= 4 is 5.97 Å². The summed E-state index contributed by atoms with van der Waals surface area (Å²) in [5.41, 5.74) is 0.173. The molecule has 0 bridgehead atoms.